The fraction of sp³-hybridized carbons (Fsp3) is 0.0357. The first-order valence-corrected chi connectivity index (χ1v) is 10.0. The van der Waals surface area contributed by atoms with Crippen molar-refractivity contribution in [2.45, 2.75) is 6.42 Å². The monoisotopic (exact) mass is 388 g/mol. The number of allylic oxidation sites excluding steroid dienone is 1. The molecule has 4 aromatic rings. The van der Waals surface area contributed by atoms with Crippen LogP contribution in [0.5, 0.6) is 5.75 Å². The Labute approximate surface area is 175 Å². The van der Waals surface area contributed by atoms with Gasteiger partial charge in [0, 0.05) is 5.56 Å². The zero-order chi connectivity index (χ0) is 20.5. The highest BCUT2D eigenvalue weighted by Crippen LogP contribution is 2.41. The van der Waals surface area contributed by atoms with Crippen molar-refractivity contribution in [1.29, 1.82) is 0 Å². The van der Waals surface area contributed by atoms with Crippen LogP contribution in [0.1, 0.15) is 27.0 Å². The van der Waals surface area contributed by atoms with Gasteiger partial charge in [-0.2, -0.15) is 0 Å². The normalized spacial score (nSPS) is 12.0. The zero-order valence-electron chi connectivity index (χ0n) is 16.4. The quantitative estimate of drug-likeness (QED) is 0.281. The molecule has 30 heavy (non-hydrogen) atoms. The molecular formula is C28H20O2. The Morgan fingerprint density at radius 2 is 1.43 bits per heavy atom. The Morgan fingerprint density at radius 3 is 2.23 bits per heavy atom. The summed E-state index contributed by atoms with van der Waals surface area (Å²) in [5.41, 5.74) is 9.22. The largest absolute Gasteiger partial charge is 0.508 e. The third-order valence-electron chi connectivity index (χ3n) is 5.65. The van der Waals surface area contributed by atoms with E-state index in [1.807, 2.05) is 24.3 Å². The highest BCUT2D eigenvalue weighted by atomic mass is 16.3. The van der Waals surface area contributed by atoms with Crippen molar-refractivity contribution in [2.75, 3.05) is 0 Å². The average molecular weight is 388 g/mol. The first-order valence-electron chi connectivity index (χ1n) is 10.0. The maximum atomic E-state index is 12.5. The minimum absolute atomic E-state index is 0.0414. The molecule has 0 amide bonds. The van der Waals surface area contributed by atoms with Crippen LogP contribution in [0.2, 0.25) is 0 Å². The van der Waals surface area contributed by atoms with Gasteiger partial charge in [-0.25, -0.2) is 0 Å². The van der Waals surface area contributed by atoms with E-state index in [-0.39, 0.29) is 11.5 Å². The number of rotatable bonds is 4. The van der Waals surface area contributed by atoms with Crippen LogP contribution in [0, 0.1) is 0 Å². The minimum Gasteiger partial charge on any atom is -0.508 e. The van der Waals surface area contributed by atoms with Crippen LogP contribution in [0.25, 0.3) is 28.3 Å². The van der Waals surface area contributed by atoms with E-state index in [4.69, 9.17) is 0 Å². The predicted octanol–water partition coefficient (Wildman–Crippen LogP) is 6.53. The molecule has 144 valence electrons. The third-order valence-corrected chi connectivity index (χ3v) is 5.65. The van der Waals surface area contributed by atoms with Gasteiger partial charge < -0.3 is 5.11 Å². The van der Waals surface area contributed by atoms with E-state index < -0.39 is 0 Å². The van der Waals surface area contributed by atoms with Crippen LogP contribution in [0.15, 0.2) is 97.1 Å². The van der Waals surface area contributed by atoms with Crippen molar-refractivity contribution >= 4 is 11.9 Å². The van der Waals surface area contributed by atoms with Gasteiger partial charge in [-0.1, -0.05) is 84.9 Å². The van der Waals surface area contributed by atoms with Gasteiger partial charge in [-0.3, -0.25) is 4.79 Å². The standard InChI is InChI=1S/C28H20O2/c29-23-15-8-19(9-16-23)10-17-28(30)21-13-11-20(12-14-21)24-6-3-7-26-25-5-2-1-4-22(25)18-27(24)26/h1-17,29H,18H2. The number of hydrogen-bond donors (Lipinski definition) is 1. The van der Waals surface area contributed by atoms with Crippen LogP contribution in [-0.2, 0) is 6.42 Å². The van der Waals surface area contributed by atoms with Crippen LogP contribution in [0.3, 0.4) is 0 Å². The van der Waals surface area contributed by atoms with Gasteiger partial charge in [-0.05, 0) is 63.6 Å². The second-order valence-electron chi connectivity index (χ2n) is 7.53. The molecule has 2 heteroatoms. The number of phenols is 1. The third kappa shape index (κ3) is 3.33. The molecule has 1 N–H and O–H groups in total. The molecule has 0 fully saturated rings. The Kier molecular flexibility index (Phi) is 4.53. The smallest absolute Gasteiger partial charge is 0.185 e. The molecule has 0 aliphatic heterocycles. The second kappa shape index (κ2) is 7.49. The number of ketones is 1. The van der Waals surface area contributed by atoms with Crippen molar-refractivity contribution in [3.8, 4) is 28.0 Å². The van der Waals surface area contributed by atoms with Gasteiger partial charge in [0.2, 0.25) is 0 Å². The van der Waals surface area contributed by atoms with E-state index in [9.17, 15) is 9.90 Å². The van der Waals surface area contributed by atoms with E-state index in [2.05, 4.69) is 42.5 Å². The fourth-order valence-corrected chi connectivity index (χ4v) is 4.10. The SMILES string of the molecule is O=C(C=Cc1ccc(O)cc1)c1ccc(-c2cccc3c2Cc2ccccc2-3)cc1. The molecule has 0 bridgehead atoms. The summed E-state index contributed by atoms with van der Waals surface area (Å²) in [6.45, 7) is 0. The number of fused-ring (bicyclic) bond motifs is 3. The number of hydrogen-bond acceptors (Lipinski definition) is 2. The van der Waals surface area contributed by atoms with E-state index >= 15 is 0 Å². The van der Waals surface area contributed by atoms with Crippen molar-refractivity contribution in [2.24, 2.45) is 0 Å². The number of aromatic hydroxyl groups is 1. The number of carbonyl (C=O) groups excluding carboxylic acids is 1. The van der Waals surface area contributed by atoms with Crippen molar-refractivity contribution in [3.05, 3.63) is 119 Å². The summed E-state index contributed by atoms with van der Waals surface area (Å²) in [6, 6.07) is 29.6. The van der Waals surface area contributed by atoms with Crippen LogP contribution >= 0.6 is 0 Å². The first kappa shape index (κ1) is 18.1. The number of phenolic OH excluding ortho intramolecular Hbond substituents is 1. The number of benzene rings is 4. The van der Waals surface area contributed by atoms with E-state index in [0.717, 1.165) is 17.5 Å². The summed E-state index contributed by atoms with van der Waals surface area (Å²) < 4.78 is 0. The molecule has 0 saturated carbocycles. The molecule has 0 unspecified atom stereocenters. The van der Waals surface area contributed by atoms with Crippen LogP contribution in [-0.4, -0.2) is 10.9 Å². The van der Waals surface area contributed by atoms with Gasteiger partial charge in [-0.15, -0.1) is 0 Å². The van der Waals surface area contributed by atoms with Gasteiger partial charge >= 0.3 is 0 Å². The average Bonchev–Trinajstić information content (AvgIpc) is 3.17. The van der Waals surface area contributed by atoms with E-state index in [1.165, 1.54) is 27.8 Å². The van der Waals surface area contributed by atoms with Gasteiger partial charge in [0.25, 0.3) is 0 Å². The molecule has 1 aliphatic rings. The molecule has 0 atom stereocenters. The lowest BCUT2D eigenvalue weighted by Crippen LogP contribution is -1.94. The Morgan fingerprint density at radius 1 is 0.733 bits per heavy atom. The molecule has 0 saturated heterocycles. The minimum atomic E-state index is -0.0414. The highest BCUT2D eigenvalue weighted by molar-refractivity contribution is 6.07. The molecular weight excluding hydrogens is 368 g/mol. The lowest BCUT2D eigenvalue weighted by Gasteiger charge is -2.09. The molecule has 0 aromatic heterocycles. The summed E-state index contributed by atoms with van der Waals surface area (Å²) in [5, 5.41) is 9.35. The van der Waals surface area contributed by atoms with Gasteiger partial charge in [0.15, 0.2) is 5.78 Å². The molecule has 0 spiro atoms. The van der Waals surface area contributed by atoms with Gasteiger partial charge in [0.05, 0.1) is 0 Å². The molecule has 0 radical (unpaired) electrons. The van der Waals surface area contributed by atoms with Crippen molar-refractivity contribution < 1.29 is 9.90 Å². The lowest BCUT2D eigenvalue weighted by atomic mass is 9.94. The Hall–Kier alpha value is -3.91. The molecule has 1 aliphatic carbocycles. The zero-order valence-corrected chi connectivity index (χ0v) is 16.4. The molecule has 4 aromatic carbocycles. The summed E-state index contributed by atoms with van der Waals surface area (Å²) in [5.74, 6) is 0.171. The van der Waals surface area contributed by atoms with Crippen LogP contribution < -0.4 is 0 Å². The molecule has 5 rings (SSSR count). The second-order valence-corrected chi connectivity index (χ2v) is 7.53. The first-order chi connectivity index (χ1) is 14.7. The van der Waals surface area contributed by atoms with Gasteiger partial charge in [0.1, 0.15) is 5.75 Å². The Balaban J connectivity index is 1.40. The molecule has 2 nitrogen and oxygen atoms in total. The van der Waals surface area contributed by atoms with Crippen LogP contribution in [0.4, 0.5) is 0 Å². The maximum Gasteiger partial charge on any atom is 0.185 e. The molecule has 0 heterocycles. The fourth-order valence-electron chi connectivity index (χ4n) is 4.10. The topological polar surface area (TPSA) is 37.3 Å². The summed E-state index contributed by atoms with van der Waals surface area (Å²) >= 11 is 0. The Bertz CT molecular complexity index is 1260. The van der Waals surface area contributed by atoms with Crippen molar-refractivity contribution in [1.82, 2.24) is 0 Å². The summed E-state index contributed by atoms with van der Waals surface area (Å²) in [7, 11) is 0. The van der Waals surface area contributed by atoms with E-state index in [0.29, 0.717) is 5.56 Å². The summed E-state index contributed by atoms with van der Waals surface area (Å²) in [4.78, 5) is 12.5. The highest BCUT2D eigenvalue weighted by Gasteiger charge is 2.20. The van der Waals surface area contributed by atoms with E-state index in [1.54, 1.807) is 36.4 Å². The predicted molar refractivity (Wildman–Crippen MR) is 122 cm³/mol. The number of carbonyl (C=O) groups is 1. The summed E-state index contributed by atoms with van der Waals surface area (Å²) in [6.07, 6.45) is 4.27. The lowest BCUT2D eigenvalue weighted by molar-refractivity contribution is 0.104. The van der Waals surface area contributed by atoms with Crippen molar-refractivity contribution in [3.63, 3.8) is 0 Å². The maximum absolute atomic E-state index is 12.5.